The third-order valence-electron chi connectivity index (χ3n) is 11.3. The third kappa shape index (κ3) is 8.03. The number of anilines is 4. The molecule has 320 valence electrons. The molecule has 3 aliphatic heterocycles. The zero-order valence-electron chi connectivity index (χ0n) is 38.2. The summed E-state index contributed by atoms with van der Waals surface area (Å²) in [6, 6.07) is 42.4. The summed E-state index contributed by atoms with van der Waals surface area (Å²) in [6.07, 6.45) is 25.5. The van der Waals surface area contributed by atoms with E-state index in [1.54, 1.807) is 12.3 Å². The fraction of sp³-hybridized carbons (Fsp3) is 0.0185. The van der Waals surface area contributed by atoms with Gasteiger partial charge in [-0.25, -0.2) is 4.98 Å². The maximum Gasteiger partial charge on any atom is 0.213 e. The Labute approximate surface area is 403 Å². The molecule has 2 radical (unpaired) electrons. The Kier molecular flexibility index (Phi) is 11.0. The molecule has 9 nitrogen and oxygen atoms in total. The Morgan fingerprint density at radius 3 is 2.06 bits per heavy atom. The molecule has 2 N–H and O–H groups in total. The van der Waals surface area contributed by atoms with E-state index in [9.17, 15) is 0 Å². The first-order chi connectivity index (χ1) is 33.4. The smallest absolute Gasteiger partial charge is 0.213 e. The zero-order chi connectivity index (χ0) is 46.0. The van der Waals surface area contributed by atoms with Crippen LogP contribution in [0.25, 0.3) is 49.7 Å². The second-order valence-corrected chi connectivity index (χ2v) is 15.2. The molecule has 12 heteroatoms. The van der Waals surface area contributed by atoms with Crippen LogP contribution in [0.1, 0.15) is 15.2 Å². The normalized spacial score (nSPS) is 19.8. The summed E-state index contributed by atoms with van der Waals surface area (Å²) in [7, 11) is 4.25. The van der Waals surface area contributed by atoms with Gasteiger partial charge < -0.3 is 34.3 Å². The van der Waals surface area contributed by atoms with Gasteiger partial charge in [0.15, 0.2) is 14.6 Å². The first-order valence-electron chi connectivity index (χ1n) is 22.7. The van der Waals surface area contributed by atoms with Crippen molar-refractivity contribution < 1.29 is 29.9 Å². The van der Waals surface area contributed by atoms with Crippen molar-refractivity contribution in [2.45, 2.75) is 0 Å². The van der Waals surface area contributed by atoms with Gasteiger partial charge in [-0.05, 0) is 77.3 Å². The average Bonchev–Trinajstić information content (AvgIpc) is 4.04. The number of aromatic nitrogens is 4. The van der Waals surface area contributed by atoms with Gasteiger partial charge in [0.1, 0.15) is 5.88 Å². The fourth-order valence-electron chi connectivity index (χ4n) is 8.38. The van der Waals surface area contributed by atoms with Gasteiger partial charge in [0.25, 0.3) is 0 Å². The van der Waals surface area contributed by atoms with Gasteiger partial charge >= 0.3 is 0 Å². The van der Waals surface area contributed by atoms with E-state index in [4.69, 9.17) is 13.8 Å². The van der Waals surface area contributed by atoms with Crippen LogP contribution in [0, 0.1) is 18.8 Å². The van der Waals surface area contributed by atoms with Crippen LogP contribution in [0.5, 0.6) is 11.6 Å². The summed E-state index contributed by atoms with van der Waals surface area (Å²) >= 11 is 0. The maximum absolute atomic E-state index is 8.55. The second-order valence-electron chi connectivity index (χ2n) is 15.2. The number of allylic oxidation sites excluding steroid dienone is 8. The van der Waals surface area contributed by atoms with Crippen LogP contribution in [0.4, 0.5) is 22.7 Å². The minimum Gasteiger partial charge on any atom is -0.503 e. The van der Waals surface area contributed by atoms with Crippen molar-refractivity contribution in [3.63, 3.8) is 0 Å². The monoisotopic (exact) mass is 1040 g/mol. The van der Waals surface area contributed by atoms with Crippen molar-refractivity contribution in [2.24, 2.45) is 6.98 Å². The van der Waals surface area contributed by atoms with E-state index in [1.165, 1.54) is 4.57 Å². The van der Waals surface area contributed by atoms with E-state index >= 15 is 0 Å². The number of benzene rings is 5. The molecule has 0 spiro atoms. The van der Waals surface area contributed by atoms with E-state index < -0.39 is 6.98 Å². The molecule has 0 fully saturated rings. The molecule has 8 aromatic rings. The number of pyridine rings is 1. The summed E-state index contributed by atoms with van der Waals surface area (Å²) in [5.41, 5.74) is 10.1. The predicted octanol–water partition coefficient (Wildman–Crippen LogP) is 11.2. The van der Waals surface area contributed by atoms with E-state index in [0.717, 1.165) is 55.4 Å². The Bertz CT molecular complexity index is 3440. The first kappa shape index (κ1) is 38.7. The largest absolute Gasteiger partial charge is 0.503 e. The van der Waals surface area contributed by atoms with Crippen LogP contribution < -0.4 is 25.2 Å². The Morgan fingerprint density at radius 2 is 1.32 bits per heavy atom. The van der Waals surface area contributed by atoms with Gasteiger partial charge in [-0.3, -0.25) is 4.98 Å². The van der Waals surface area contributed by atoms with Gasteiger partial charge in [0.05, 0.1) is 11.0 Å². The van der Waals surface area contributed by atoms with Crippen molar-refractivity contribution in [2.75, 3.05) is 9.80 Å². The number of ether oxygens (including phenoxy) is 1. The molecule has 3 aliphatic rings. The van der Waals surface area contributed by atoms with Gasteiger partial charge in [0, 0.05) is 85.3 Å². The third-order valence-corrected chi connectivity index (χ3v) is 11.3. The van der Waals surface area contributed by atoms with Crippen molar-refractivity contribution in [1.82, 2.24) is 29.7 Å². The number of imidazole rings is 1. The SMILES string of the molecule is [2H]C([2H])([2H])n1c(-n2c3[c-]c(Oc4[c-]c(N5[CH-]N(c6c(/C7=C/C=C\N/C=C\C=C/[B]7)cccc6/C6=C/C=C\N/C=C\C=C/[B]6)c6ccccc65)ccn4)ccc3c3ccccc32)nc2ccccc21.[Pt]. The maximum atomic E-state index is 8.55. The number of nitrogens with one attached hydrogen (secondary N) is 2. The van der Waals surface area contributed by atoms with Crippen LogP contribution in [0.3, 0.4) is 0 Å². The van der Waals surface area contributed by atoms with E-state index in [0.29, 0.717) is 28.0 Å². The van der Waals surface area contributed by atoms with Gasteiger partial charge in [-0.1, -0.05) is 101 Å². The quantitative estimate of drug-likeness (QED) is 0.122. The van der Waals surface area contributed by atoms with Crippen molar-refractivity contribution in [3.8, 4) is 17.6 Å². The zero-order valence-corrected chi connectivity index (χ0v) is 37.5. The summed E-state index contributed by atoms with van der Waals surface area (Å²) < 4.78 is 35.3. The number of nitrogens with zero attached hydrogens (tertiary/aromatic N) is 6. The van der Waals surface area contributed by atoms with Gasteiger partial charge in [-0.2, -0.15) is 23.9 Å². The van der Waals surface area contributed by atoms with Crippen molar-refractivity contribution >= 4 is 81.1 Å². The fourth-order valence-corrected chi connectivity index (χ4v) is 8.38. The topological polar surface area (TPSA) is 75.4 Å². The van der Waals surface area contributed by atoms with E-state index in [-0.39, 0.29) is 32.9 Å². The minimum absolute atomic E-state index is 0. The Balaban J connectivity index is 0.00000553. The van der Waals surface area contributed by atoms with Crippen LogP contribution in [-0.2, 0) is 28.0 Å². The summed E-state index contributed by atoms with van der Waals surface area (Å²) in [4.78, 5) is 13.8. The number of hydrogen-bond donors (Lipinski definition) is 2. The first-order valence-corrected chi connectivity index (χ1v) is 21.2. The molecular weight excluding hydrogens is 993 g/mol. The molecule has 66 heavy (non-hydrogen) atoms. The molecule has 0 saturated heterocycles. The summed E-state index contributed by atoms with van der Waals surface area (Å²) in [6.45, 7) is -0.425. The minimum atomic E-state index is -2.51. The Morgan fingerprint density at radius 1 is 0.652 bits per heavy atom. The molecule has 3 aromatic heterocycles. The number of rotatable bonds is 7. The molecule has 0 amide bonds. The molecular formula is C54H39B2N8OPt-3. The molecule has 0 bridgehead atoms. The molecule has 0 saturated carbocycles. The Hall–Kier alpha value is -7.74. The van der Waals surface area contributed by atoms with Crippen molar-refractivity contribution in [3.05, 3.63) is 231 Å². The van der Waals surface area contributed by atoms with Crippen molar-refractivity contribution in [1.29, 1.82) is 0 Å². The van der Waals surface area contributed by atoms with Crippen LogP contribution in [0.2, 0.25) is 0 Å². The van der Waals surface area contributed by atoms with Gasteiger partial charge in [-0.15, -0.1) is 36.1 Å². The van der Waals surface area contributed by atoms with Crippen LogP contribution >= 0.6 is 0 Å². The molecule has 6 heterocycles. The summed E-state index contributed by atoms with van der Waals surface area (Å²) in [5.74, 6) is 4.94. The summed E-state index contributed by atoms with van der Waals surface area (Å²) in [5, 5.41) is 8.18. The van der Waals surface area contributed by atoms with E-state index in [1.807, 2.05) is 151 Å². The molecule has 5 aromatic carbocycles. The molecule has 0 atom stereocenters. The standard InChI is InChI=1S/C54H39B2N8O.Pt/c1-61-48-22-5-3-20-46(48)60-54(61)64-47-21-4-2-15-40(47)41-26-25-39(36-51(41)64)65-52-35-38(27-34-59-52)62-37-63(50-24-7-6-23-49(50)62)53-42(44-18-13-32-57-30-10-8-28-55-44)16-12-17-43(53)45-19-14-33-58-31-11-9-29-56-45;/h2-34,37,57-58H,1H3;/q-3;/b28-8-,29-9-,30-10-,31-11-,32-13-,33-14-,44-18-,45-19-;/i1D3;. The second kappa shape index (κ2) is 18.8. The van der Waals surface area contributed by atoms with Crippen LogP contribution in [0.15, 0.2) is 201 Å². The molecule has 0 unspecified atom stereocenters. The molecule has 0 aliphatic carbocycles. The van der Waals surface area contributed by atoms with Gasteiger partial charge in [0.2, 0.25) is 5.95 Å². The number of para-hydroxylation sites is 6. The van der Waals surface area contributed by atoms with Crippen LogP contribution in [-0.4, -0.2) is 33.7 Å². The molecule has 11 rings (SSSR count). The van der Waals surface area contributed by atoms with E-state index in [2.05, 4.69) is 101 Å². The average molecular weight is 1040 g/mol. The predicted molar refractivity (Wildman–Crippen MR) is 267 cm³/mol. The number of fused-ring (bicyclic) bond motifs is 5. The number of hydrogen-bond acceptors (Lipinski definition) is 7. The number of aryl methyl sites for hydroxylation is 1.